The van der Waals surface area contributed by atoms with Crippen LogP contribution in [-0.4, -0.2) is 19.1 Å². The van der Waals surface area contributed by atoms with Gasteiger partial charge < -0.3 is 4.57 Å². The van der Waals surface area contributed by atoms with Crippen LogP contribution in [0.15, 0.2) is 28.0 Å². The van der Waals surface area contributed by atoms with Crippen LogP contribution in [-0.2, 0) is 13.6 Å². The Hall–Kier alpha value is -1.43. The van der Waals surface area contributed by atoms with Crippen molar-refractivity contribution in [2.45, 2.75) is 13.5 Å². The molecular weight excluding hydrogens is 272 g/mol. The molecule has 2 aromatic heterocycles. The molecular formula is C10H11BrN4O. The van der Waals surface area contributed by atoms with E-state index in [0.29, 0.717) is 16.8 Å². The lowest BCUT2D eigenvalue weighted by Gasteiger charge is -2.09. The van der Waals surface area contributed by atoms with E-state index in [9.17, 15) is 4.79 Å². The minimum Gasteiger partial charge on any atom is -0.336 e. The molecule has 0 aliphatic rings. The van der Waals surface area contributed by atoms with Gasteiger partial charge in [-0.25, -0.2) is 9.97 Å². The average molecular weight is 283 g/mol. The number of imidazole rings is 1. The van der Waals surface area contributed by atoms with Crippen molar-refractivity contribution in [2.75, 3.05) is 0 Å². The molecule has 0 spiro atoms. The van der Waals surface area contributed by atoms with Gasteiger partial charge in [-0.05, 0) is 22.9 Å². The van der Waals surface area contributed by atoms with Crippen molar-refractivity contribution >= 4 is 15.9 Å². The third kappa shape index (κ3) is 1.92. The van der Waals surface area contributed by atoms with Gasteiger partial charge in [0.1, 0.15) is 10.3 Å². The van der Waals surface area contributed by atoms with E-state index in [4.69, 9.17) is 0 Å². The van der Waals surface area contributed by atoms with Gasteiger partial charge in [0.05, 0.1) is 18.6 Å². The van der Waals surface area contributed by atoms with Crippen LogP contribution in [0.25, 0.3) is 0 Å². The number of aromatic nitrogens is 4. The number of aryl methyl sites for hydroxylation is 2. The second-order valence-corrected chi connectivity index (χ2v) is 4.39. The summed E-state index contributed by atoms with van der Waals surface area (Å²) in [4.78, 5) is 20.0. The topological polar surface area (TPSA) is 52.7 Å². The fourth-order valence-corrected chi connectivity index (χ4v) is 1.75. The van der Waals surface area contributed by atoms with Gasteiger partial charge in [-0.2, -0.15) is 0 Å². The molecule has 0 fully saturated rings. The minimum absolute atomic E-state index is 0.0753. The van der Waals surface area contributed by atoms with Crippen LogP contribution in [0.2, 0.25) is 0 Å². The van der Waals surface area contributed by atoms with Gasteiger partial charge in [0.2, 0.25) is 0 Å². The fraction of sp³-hybridized carbons (Fsp3) is 0.300. The first-order valence-electron chi connectivity index (χ1n) is 4.76. The molecule has 0 aliphatic carbocycles. The lowest BCUT2D eigenvalue weighted by Crippen LogP contribution is -2.25. The second kappa shape index (κ2) is 4.21. The van der Waals surface area contributed by atoms with E-state index in [-0.39, 0.29) is 5.56 Å². The van der Waals surface area contributed by atoms with Gasteiger partial charge in [-0.15, -0.1) is 0 Å². The molecule has 0 radical (unpaired) electrons. The molecule has 0 amide bonds. The van der Waals surface area contributed by atoms with Crippen molar-refractivity contribution < 1.29 is 0 Å². The van der Waals surface area contributed by atoms with E-state index in [0.717, 1.165) is 5.69 Å². The van der Waals surface area contributed by atoms with Gasteiger partial charge in [-0.1, -0.05) is 0 Å². The van der Waals surface area contributed by atoms with Gasteiger partial charge in [0, 0.05) is 19.4 Å². The van der Waals surface area contributed by atoms with Gasteiger partial charge in [0.15, 0.2) is 0 Å². The monoisotopic (exact) mass is 282 g/mol. The van der Waals surface area contributed by atoms with Crippen molar-refractivity contribution in [3.05, 3.63) is 45.1 Å². The van der Waals surface area contributed by atoms with Crippen LogP contribution in [0.1, 0.15) is 11.5 Å². The number of hydrogen-bond donors (Lipinski definition) is 0. The maximum absolute atomic E-state index is 11.9. The molecule has 2 heterocycles. The zero-order valence-corrected chi connectivity index (χ0v) is 10.6. The average Bonchev–Trinajstić information content (AvgIpc) is 2.65. The fourth-order valence-electron chi connectivity index (χ4n) is 1.44. The molecule has 6 heteroatoms. The van der Waals surface area contributed by atoms with Crippen LogP contribution in [0.3, 0.4) is 0 Å². The first-order chi connectivity index (χ1) is 7.59. The summed E-state index contributed by atoms with van der Waals surface area (Å²) in [6.45, 7) is 2.29. The van der Waals surface area contributed by atoms with E-state index in [1.54, 1.807) is 17.1 Å². The number of halogens is 1. The number of rotatable bonds is 2. The number of hydrogen-bond acceptors (Lipinski definition) is 3. The van der Waals surface area contributed by atoms with E-state index in [2.05, 4.69) is 25.9 Å². The predicted molar refractivity (Wildman–Crippen MR) is 63.2 cm³/mol. The number of nitrogens with zero attached hydrogens (tertiary/aromatic N) is 4. The summed E-state index contributed by atoms with van der Waals surface area (Å²) < 4.78 is 3.97. The van der Waals surface area contributed by atoms with Crippen LogP contribution >= 0.6 is 15.9 Å². The first-order valence-corrected chi connectivity index (χ1v) is 5.56. The zero-order chi connectivity index (χ0) is 11.7. The Balaban J connectivity index is 2.46. The van der Waals surface area contributed by atoms with Crippen molar-refractivity contribution in [2.24, 2.45) is 7.05 Å². The SMILES string of the molecule is Cc1ncc(Br)c(=O)n1Cc1cncn1C. The van der Waals surface area contributed by atoms with Crippen LogP contribution < -0.4 is 5.56 Å². The summed E-state index contributed by atoms with van der Waals surface area (Å²) in [5.74, 6) is 0.689. The Labute approximate surface area is 101 Å². The van der Waals surface area contributed by atoms with E-state index < -0.39 is 0 Å². The Morgan fingerprint density at radius 1 is 1.44 bits per heavy atom. The lowest BCUT2D eigenvalue weighted by atomic mass is 10.4. The molecule has 2 aromatic rings. The summed E-state index contributed by atoms with van der Waals surface area (Å²) in [5, 5.41) is 0. The molecule has 0 unspecified atom stereocenters. The zero-order valence-electron chi connectivity index (χ0n) is 9.01. The first kappa shape index (κ1) is 11.1. The van der Waals surface area contributed by atoms with E-state index in [1.165, 1.54) is 6.20 Å². The summed E-state index contributed by atoms with van der Waals surface area (Å²) in [6, 6.07) is 0. The largest absolute Gasteiger partial charge is 0.336 e. The minimum atomic E-state index is -0.0753. The normalized spacial score (nSPS) is 10.7. The molecule has 0 saturated carbocycles. The third-order valence-electron chi connectivity index (χ3n) is 2.44. The maximum Gasteiger partial charge on any atom is 0.268 e. The Morgan fingerprint density at radius 3 is 2.81 bits per heavy atom. The molecule has 84 valence electrons. The van der Waals surface area contributed by atoms with Crippen LogP contribution in [0, 0.1) is 6.92 Å². The Bertz CT molecular complexity index is 572. The van der Waals surface area contributed by atoms with Crippen molar-refractivity contribution in [1.29, 1.82) is 0 Å². The summed E-state index contributed by atoms with van der Waals surface area (Å²) in [7, 11) is 1.90. The molecule has 5 nitrogen and oxygen atoms in total. The summed E-state index contributed by atoms with van der Waals surface area (Å²) >= 11 is 3.18. The van der Waals surface area contributed by atoms with Crippen LogP contribution in [0.5, 0.6) is 0 Å². The highest BCUT2D eigenvalue weighted by Crippen LogP contribution is 2.04. The van der Waals surface area contributed by atoms with E-state index in [1.807, 2.05) is 18.5 Å². The second-order valence-electron chi connectivity index (χ2n) is 3.54. The van der Waals surface area contributed by atoms with Crippen molar-refractivity contribution in [1.82, 2.24) is 19.1 Å². The van der Waals surface area contributed by atoms with E-state index >= 15 is 0 Å². The summed E-state index contributed by atoms with van der Waals surface area (Å²) in [6.07, 6.45) is 4.98. The molecule has 0 atom stereocenters. The van der Waals surface area contributed by atoms with Crippen molar-refractivity contribution in [3.63, 3.8) is 0 Å². The highest BCUT2D eigenvalue weighted by Gasteiger charge is 2.07. The highest BCUT2D eigenvalue weighted by atomic mass is 79.9. The Kier molecular flexibility index (Phi) is 2.91. The van der Waals surface area contributed by atoms with Gasteiger partial charge >= 0.3 is 0 Å². The molecule has 0 N–H and O–H groups in total. The molecule has 0 aliphatic heterocycles. The smallest absolute Gasteiger partial charge is 0.268 e. The van der Waals surface area contributed by atoms with Gasteiger partial charge in [0.25, 0.3) is 5.56 Å². The van der Waals surface area contributed by atoms with Gasteiger partial charge in [-0.3, -0.25) is 9.36 Å². The summed E-state index contributed by atoms with van der Waals surface area (Å²) in [5.41, 5.74) is 0.888. The van der Waals surface area contributed by atoms with Crippen LogP contribution in [0.4, 0.5) is 0 Å². The Morgan fingerprint density at radius 2 is 2.19 bits per heavy atom. The molecule has 0 saturated heterocycles. The molecule has 16 heavy (non-hydrogen) atoms. The maximum atomic E-state index is 11.9. The molecule has 0 bridgehead atoms. The standard InChI is InChI=1S/C10H11BrN4O/c1-7-13-4-9(11)10(16)15(7)5-8-3-12-6-14(8)2/h3-4,6H,5H2,1-2H3. The third-order valence-corrected chi connectivity index (χ3v) is 2.99. The molecule has 2 rings (SSSR count). The quantitative estimate of drug-likeness (QED) is 0.829. The predicted octanol–water partition coefficient (Wildman–Crippen LogP) is 1.10. The highest BCUT2D eigenvalue weighted by molar-refractivity contribution is 9.10. The molecule has 0 aromatic carbocycles. The van der Waals surface area contributed by atoms with Crippen molar-refractivity contribution in [3.8, 4) is 0 Å². The lowest BCUT2D eigenvalue weighted by molar-refractivity contribution is 0.657.